The van der Waals surface area contributed by atoms with Gasteiger partial charge in [0.2, 0.25) is 0 Å². The maximum atomic E-state index is 5.82. The third-order valence-corrected chi connectivity index (χ3v) is 4.50. The molecule has 0 saturated carbocycles. The normalized spacial score (nSPS) is 16.4. The van der Waals surface area contributed by atoms with Gasteiger partial charge in [0.1, 0.15) is 0 Å². The van der Waals surface area contributed by atoms with E-state index in [1.165, 1.54) is 13.1 Å². The smallest absolute Gasteiger partial charge is 0.0187 e. The van der Waals surface area contributed by atoms with Gasteiger partial charge in [-0.25, -0.2) is 6.67 Å². The second kappa shape index (κ2) is 9.91. The molecule has 1 saturated heterocycles. The maximum absolute atomic E-state index is 5.82. The Balaban J connectivity index is 0.000000262. The number of rotatable bonds is 3. The standard InChI is InChI=1S/C10H12O.C5H11N2.2ClH.Ru/c1-8(2)11-10-7-5-4-6-9(10)3;1-6-3-4-7(2)5-6;;;/h3-8H,1-2H3;5H,3-4H2,1-2H3;2*1H;/q;-1;;;+2/p-2. The van der Waals surface area contributed by atoms with Gasteiger partial charge in [0.25, 0.3) is 0 Å². The minimum atomic E-state index is -1.77. The summed E-state index contributed by atoms with van der Waals surface area (Å²) >= 11 is -1.77. The second-order valence-corrected chi connectivity index (χ2v) is 10.8. The number of halogens is 2. The molecule has 0 radical (unpaired) electrons. The molecule has 0 spiro atoms. The Morgan fingerprint density at radius 2 is 1.76 bits per heavy atom. The van der Waals surface area contributed by atoms with Gasteiger partial charge >= 0.3 is 97.8 Å². The molecule has 1 aromatic carbocycles. The number of hydrogen-bond donors (Lipinski definition) is 0. The van der Waals surface area contributed by atoms with Gasteiger partial charge in [-0.1, -0.05) is 0 Å². The predicted octanol–water partition coefficient (Wildman–Crippen LogP) is 3.53. The summed E-state index contributed by atoms with van der Waals surface area (Å²) in [6.45, 7) is 8.45. The summed E-state index contributed by atoms with van der Waals surface area (Å²) in [6.07, 6.45) is 0.163. The first kappa shape index (κ1) is 19.1. The Bertz CT molecular complexity index is 457. The number of benzene rings is 1. The van der Waals surface area contributed by atoms with Crippen LogP contribution < -0.4 is 4.74 Å². The van der Waals surface area contributed by atoms with E-state index < -0.39 is 13.5 Å². The molecule has 0 amide bonds. The quantitative estimate of drug-likeness (QED) is 0.551. The molecule has 0 aromatic heterocycles. The van der Waals surface area contributed by atoms with E-state index in [0.29, 0.717) is 0 Å². The van der Waals surface area contributed by atoms with Gasteiger partial charge in [0, 0.05) is 0 Å². The van der Waals surface area contributed by atoms with Crippen LogP contribution in [0.1, 0.15) is 19.4 Å². The van der Waals surface area contributed by atoms with E-state index in [0.717, 1.165) is 11.3 Å². The van der Waals surface area contributed by atoms with Crippen molar-refractivity contribution in [2.24, 2.45) is 0 Å². The first-order valence-electron chi connectivity index (χ1n) is 6.73. The molecule has 122 valence electrons. The minimum absolute atomic E-state index is 0.163. The summed E-state index contributed by atoms with van der Waals surface area (Å²) in [4.78, 5) is 4.36. The predicted molar refractivity (Wildman–Crippen MR) is 88.6 cm³/mol. The third-order valence-electron chi connectivity index (χ3n) is 2.67. The minimum Gasteiger partial charge on any atom is -0.444 e. The van der Waals surface area contributed by atoms with Gasteiger partial charge in [-0.15, -0.1) is 0 Å². The first-order valence-corrected chi connectivity index (χ1v) is 12.2. The van der Waals surface area contributed by atoms with Crippen LogP contribution in [0.5, 0.6) is 5.75 Å². The van der Waals surface area contributed by atoms with Crippen molar-refractivity contribution in [3.8, 4) is 5.75 Å². The molecule has 1 aromatic rings. The Morgan fingerprint density at radius 3 is 2.19 bits per heavy atom. The summed E-state index contributed by atoms with van der Waals surface area (Å²) in [7, 11) is 15.8. The van der Waals surface area contributed by atoms with E-state index in [9.17, 15) is 0 Å². The molecule has 3 nitrogen and oxygen atoms in total. The van der Waals surface area contributed by atoms with E-state index in [1.807, 2.05) is 42.7 Å². The molecule has 1 aliphatic heterocycles. The van der Waals surface area contributed by atoms with Crippen molar-refractivity contribution in [1.82, 2.24) is 9.80 Å². The zero-order valence-electron chi connectivity index (χ0n) is 12.9. The fraction of sp³-hybridized carbons (Fsp3) is 0.467. The summed E-state index contributed by atoms with van der Waals surface area (Å²) in [5.74, 6) is 0.850. The van der Waals surface area contributed by atoms with Crippen LogP contribution in [-0.2, 0) is 13.5 Å². The molecule has 0 atom stereocenters. The van der Waals surface area contributed by atoms with E-state index in [-0.39, 0.29) is 6.10 Å². The van der Waals surface area contributed by atoms with E-state index in [1.54, 1.807) is 0 Å². The zero-order chi connectivity index (χ0) is 15.8. The molecule has 1 heterocycles. The van der Waals surface area contributed by atoms with Gasteiger partial charge in [-0.2, -0.15) is 0 Å². The number of hydrogen-bond acceptors (Lipinski definition) is 3. The molecular formula is C15H23Cl2N2ORu-. The fourth-order valence-electron chi connectivity index (χ4n) is 1.78. The second-order valence-electron chi connectivity index (χ2n) is 5.09. The molecule has 1 fully saturated rings. The topological polar surface area (TPSA) is 15.7 Å². The molecule has 1 aliphatic rings. The van der Waals surface area contributed by atoms with Crippen LogP contribution >= 0.6 is 19.4 Å². The largest absolute Gasteiger partial charge is 0.444 e. The van der Waals surface area contributed by atoms with Crippen molar-refractivity contribution < 1.29 is 18.3 Å². The maximum Gasteiger partial charge on any atom is -0.0187 e. The Kier molecular flexibility index (Phi) is 9.00. The van der Waals surface area contributed by atoms with E-state index in [2.05, 4.69) is 30.6 Å². The Labute approximate surface area is 141 Å². The van der Waals surface area contributed by atoms with Crippen molar-refractivity contribution in [3.05, 3.63) is 36.5 Å². The van der Waals surface area contributed by atoms with Crippen LogP contribution in [0.4, 0.5) is 0 Å². The van der Waals surface area contributed by atoms with E-state index >= 15 is 0 Å². The van der Waals surface area contributed by atoms with Gasteiger partial charge in [0.05, 0.1) is 0 Å². The average molecular weight is 419 g/mol. The van der Waals surface area contributed by atoms with E-state index in [4.69, 9.17) is 24.1 Å². The Hall–Kier alpha value is 0.0134. The number of likely N-dealkylation sites (N-methyl/N-ethyl adjacent to an activating group) is 2. The van der Waals surface area contributed by atoms with Gasteiger partial charge < -0.3 is 9.80 Å². The molecule has 0 N–H and O–H groups in total. The summed E-state index contributed by atoms with van der Waals surface area (Å²) in [5.41, 5.74) is 0.991. The van der Waals surface area contributed by atoms with Gasteiger partial charge in [0.15, 0.2) is 0 Å². The molecule has 0 aliphatic carbocycles. The number of para-hydroxylation sites is 1. The van der Waals surface area contributed by atoms with Gasteiger partial charge in [-0.05, 0) is 27.2 Å². The van der Waals surface area contributed by atoms with Gasteiger partial charge in [-0.3, -0.25) is 0 Å². The SMILES string of the molecule is CC(C)Oc1ccccc1[CH]=[Ru]([Cl])[Cl].CN1[CH-]N(C)CC1. The van der Waals surface area contributed by atoms with Crippen LogP contribution in [0.15, 0.2) is 24.3 Å². The number of nitrogens with zero attached hydrogens (tertiary/aromatic N) is 2. The van der Waals surface area contributed by atoms with Crippen LogP contribution in [0, 0.1) is 6.67 Å². The summed E-state index contributed by atoms with van der Waals surface area (Å²) < 4.78 is 7.51. The van der Waals surface area contributed by atoms with Crippen molar-refractivity contribution >= 4 is 24.0 Å². The van der Waals surface area contributed by atoms with Crippen LogP contribution in [0.3, 0.4) is 0 Å². The van der Waals surface area contributed by atoms with Crippen molar-refractivity contribution in [2.45, 2.75) is 20.0 Å². The monoisotopic (exact) mass is 419 g/mol. The number of ether oxygens (including phenoxy) is 1. The van der Waals surface area contributed by atoms with Crippen LogP contribution in [-0.4, -0.2) is 47.7 Å². The molecule has 0 bridgehead atoms. The molecule has 0 unspecified atom stereocenters. The Morgan fingerprint density at radius 1 is 1.19 bits per heavy atom. The molecule has 21 heavy (non-hydrogen) atoms. The third kappa shape index (κ3) is 8.28. The summed E-state index contributed by atoms with van der Waals surface area (Å²) in [5, 5.41) is 0. The van der Waals surface area contributed by atoms with Crippen molar-refractivity contribution in [1.29, 1.82) is 0 Å². The molecule has 6 heteroatoms. The van der Waals surface area contributed by atoms with Crippen LogP contribution in [0.2, 0.25) is 0 Å². The average Bonchev–Trinajstić information content (AvgIpc) is 2.75. The summed E-state index contributed by atoms with van der Waals surface area (Å²) in [6, 6.07) is 7.78. The zero-order valence-corrected chi connectivity index (χ0v) is 16.1. The molecule has 2 rings (SSSR count). The van der Waals surface area contributed by atoms with Crippen LogP contribution in [0.25, 0.3) is 0 Å². The molecular weight excluding hydrogens is 396 g/mol. The van der Waals surface area contributed by atoms with Crippen molar-refractivity contribution in [2.75, 3.05) is 27.2 Å². The van der Waals surface area contributed by atoms with Crippen molar-refractivity contribution in [3.63, 3.8) is 0 Å². The first-order chi connectivity index (χ1) is 9.88. The fourth-order valence-corrected chi connectivity index (χ4v) is 3.58.